The number of alkyl halides is 3. The molecule has 172 valence electrons. The van der Waals surface area contributed by atoms with E-state index >= 15 is 0 Å². The van der Waals surface area contributed by atoms with Crippen LogP contribution in [-0.2, 0) is 9.53 Å². The number of allylic oxidation sites excluding steroid dienone is 1. The van der Waals surface area contributed by atoms with Crippen LogP contribution in [0.15, 0.2) is 42.5 Å². The van der Waals surface area contributed by atoms with E-state index in [0.29, 0.717) is 11.3 Å². The molecular formula is C24H25F3O5. The largest absolute Gasteiger partial charge is 0.573 e. The van der Waals surface area contributed by atoms with Crippen LogP contribution in [0.5, 0.6) is 11.5 Å². The monoisotopic (exact) mass is 450 g/mol. The van der Waals surface area contributed by atoms with Crippen LogP contribution in [0.25, 0.3) is 6.08 Å². The van der Waals surface area contributed by atoms with E-state index in [4.69, 9.17) is 9.47 Å². The summed E-state index contributed by atoms with van der Waals surface area (Å²) < 4.78 is 52.6. The number of hydrogen-bond acceptors (Lipinski definition) is 5. The van der Waals surface area contributed by atoms with Crippen molar-refractivity contribution in [3.63, 3.8) is 0 Å². The van der Waals surface area contributed by atoms with Gasteiger partial charge in [-0.05, 0) is 81.7 Å². The minimum absolute atomic E-state index is 0.203. The number of para-hydroxylation sites is 1. The van der Waals surface area contributed by atoms with Gasteiger partial charge in [-0.2, -0.15) is 0 Å². The Kier molecular flexibility index (Phi) is 7.72. The van der Waals surface area contributed by atoms with E-state index in [2.05, 4.69) is 4.74 Å². The van der Waals surface area contributed by atoms with Gasteiger partial charge in [0.1, 0.15) is 11.5 Å². The fourth-order valence-corrected chi connectivity index (χ4v) is 2.99. The number of halogens is 3. The van der Waals surface area contributed by atoms with Crippen molar-refractivity contribution in [1.82, 2.24) is 0 Å². The average Bonchev–Trinajstić information content (AvgIpc) is 2.68. The lowest BCUT2D eigenvalue weighted by molar-refractivity contribution is -0.274. The van der Waals surface area contributed by atoms with Gasteiger partial charge in [0.15, 0.2) is 11.4 Å². The molecule has 0 N–H and O–H groups in total. The number of ether oxygens (including phenoxy) is 3. The summed E-state index contributed by atoms with van der Waals surface area (Å²) in [7, 11) is 0. The number of carbonyl (C=O) groups is 2. The summed E-state index contributed by atoms with van der Waals surface area (Å²) in [5.41, 5.74) is 0.682. The molecule has 0 bridgehead atoms. The average molecular weight is 450 g/mol. The van der Waals surface area contributed by atoms with E-state index in [-0.39, 0.29) is 12.2 Å². The summed E-state index contributed by atoms with van der Waals surface area (Å²) in [5.74, 6) is -1.18. The van der Waals surface area contributed by atoms with E-state index in [1.165, 1.54) is 30.4 Å². The smallest absolute Gasteiger partial charge is 0.476 e. The molecule has 0 atom stereocenters. The second-order valence-corrected chi connectivity index (χ2v) is 7.56. The standard InChI is InChI=1S/C24H25F3O5/c1-6-30-22(29)23(4,5)32-21-15(2)13-17(14-16(21)3)11-12-19(28)18-9-7-8-10-20(18)31-24(25,26)27/h7-14H,6H2,1-5H3. The van der Waals surface area contributed by atoms with E-state index in [1.54, 1.807) is 46.8 Å². The lowest BCUT2D eigenvalue weighted by Crippen LogP contribution is -2.40. The first kappa shape index (κ1) is 25.0. The van der Waals surface area contributed by atoms with Crippen LogP contribution in [0.3, 0.4) is 0 Å². The third kappa shape index (κ3) is 6.60. The van der Waals surface area contributed by atoms with Gasteiger partial charge in [0, 0.05) is 0 Å². The van der Waals surface area contributed by atoms with Crippen molar-refractivity contribution in [2.75, 3.05) is 6.61 Å². The van der Waals surface area contributed by atoms with Crippen LogP contribution in [-0.4, -0.2) is 30.3 Å². The molecule has 0 aliphatic carbocycles. The van der Waals surface area contributed by atoms with Crippen LogP contribution < -0.4 is 9.47 Å². The van der Waals surface area contributed by atoms with Gasteiger partial charge in [0.2, 0.25) is 0 Å². The molecule has 5 nitrogen and oxygen atoms in total. The summed E-state index contributed by atoms with van der Waals surface area (Å²) in [6, 6.07) is 8.64. The number of aryl methyl sites for hydroxylation is 2. The van der Waals surface area contributed by atoms with Crippen molar-refractivity contribution < 1.29 is 37.0 Å². The number of benzene rings is 2. The molecule has 0 aliphatic rings. The highest BCUT2D eigenvalue weighted by Crippen LogP contribution is 2.30. The molecule has 0 spiro atoms. The zero-order chi connectivity index (χ0) is 24.1. The van der Waals surface area contributed by atoms with Crippen LogP contribution in [0.4, 0.5) is 13.2 Å². The summed E-state index contributed by atoms with van der Waals surface area (Å²) in [4.78, 5) is 24.6. The van der Waals surface area contributed by atoms with E-state index in [0.717, 1.165) is 17.2 Å². The van der Waals surface area contributed by atoms with Crippen LogP contribution in [0.1, 0.15) is 47.8 Å². The Bertz CT molecular complexity index is 1000. The minimum Gasteiger partial charge on any atom is -0.476 e. The predicted octanol–water partition coefficient (Wildman–Crippen LogP) is 5.82. The third-order valence-corrected chi connectivity index (χ3v) is 4.41. The topological polar surface area (TPSA) is 61.8 Å². The fraction of sp³-hybridized carbons (Fsp3) is 0.333. The molecule has 0 radical (unpaired) electrons. The zero-order valence-corrected chi connectivity index (χ0v) is 18.5. The lowest BCUT2D eigenvalue weighted by atomic mass is 10.0. The molecule has 0 amide bonds. The fourth-order valence-electron chi connectivity index (χ4n) is 2.99. The maximum Gasteiger partial charge on any atom is 0.573 e. The van der Waals surface area contributed by atoms with Crippen molar-refractivity contribution in [3.8, 4) is 11.5 Å². The van der Waals surface area contributed by atoms with Gasteiger partial charge in [0.05, 0.1) is 12.2 Å². The molecule has 2 aromatic rings. The SMILES string of the molecule is CCOC(=O)C(C)(C)Oc1c(C)cc(C=CC(=O)c2ccccc2OC(F)(F)F)cc1C. The summed E-state index contributed by atoms with van der Waals surface area (Å²) in [5, 5.41) is 0. The molecule has 2 rings (SSSR count). The van der Waals surface area contributed by atoms with Gasteiger partial charge in [-0.3, -0.25) is 4.79 Å². The van der Waals surface area contributed by atoms with Crippen molar-refractivity contribution in [2.45, 2.75) is 46.6 Å². The molecule has 0 fully saturated rings. The Labute approximate surface area is 184 Å². The highest BCUT2D eigenvalue weighted by molar-refractivity contribution is 6.08. The van der Waals surface area contributed by atoms with Crippen LogP contribution in [0, 0.1) is 13.8 Å². The highest BCUT2D eigenvalue weighted by Gasteiger charge is 2.33. The maximum atomic E-state index is 12.6. The van der Waals surface area contributed by atoms with Crippen molar-refractivity contribution >= 4 is 17.8 Å². The quantitative estimate of drug-likeness (QED) is 0.288. The molecule has 0 saturated carbocycles. The number of ketones is 1. The molecule has 0 saturated heterocycles. The highest BCUT2D eigenvalue weighted by atomic mass is 19.4. The Morgan fingerprint density at radius 2 is 1.59 bits per heavy atom. The zero-order valence-electron chi connectivity index (χ0n) is 18.5. The molecule has 2 aromatic carbocycles. The second kappa shape index (κ2) is 9.89. The first-order valence-corrected chi connectivity index (χ1v) is 9.88. The summed E-state index contributed by atoms with van der Waals surface area (Å²) in [6.45, 7) is 8.73. The molecule has 0 aliphatic heterocycles. The predicted molar refractivity (Wildman–Crippen MR) is 114 cm³/mol. The summed E-state index contributed by atoms with van der Waals surface area (Å²) >= 11 is 0. The van der Waals surface area contributed by atoms with Gasteiger partial charge in [-0.25, -0.2) is 4.79 Å². The van der Waals surface area contributed by atoms with Gasteiger partial charge >= 0.3 is 12.3 Å². The van der Waals surface area contributed by atoms with Crippen LogP contribution in [0.2, 0.25) is 0 Å². The molecule has 0 aromatic heterocycles. The number of esters is 1. The first-order chi connectivity index (χ1) is 14.8. The van der Waals surface area contributed by atoms with Gasteiger partial charge in [-0.15, -0.1) is 13.2 Å². The minimum atomic E-state index is -4.90. The van der Waals surface area contributed by atoms with Gasteiger partial charge in [0.25, 0.3) is 0 Å². The number of hydrogen-bond donors (Lipinski definition) is 0. The third-order valence-electron chi connectivity index (χ3n) is 4.41. The van der Waals surface area contributed by atoms with Gasteiger partial charge in [-0.1, -0.05) is 18.2 Å². The van der Waals surface area contributed by atoms with Gasteiger partial charge < -0.3 is 14.2 Å². The van der Waals surface area contributed by atoms with E-state index < -0.39 is 29.5 Å². The Balaban J connectivity index is 2.25. The number of rotatable bonds is 8. The maximum absolute atomic E-state index is 12.6. The molecule has 8 heteroatoms. The Morgan fingerprint density at radius 1 is 1.00 bits per heavy atom. The first-order valence-electron chi connectivity index (χ1n) is 9.88. The van der Waals surface area contributed by atoms with E-state index in [9.17, 15) is 22.8 Å². The molecule has 0 heterocycles. The lowest BCUT2D eigenvalue weighted by Gasteiger charge is -2.26. The van der Waals surface area contributed by atoms with Crippen molar-refractivity contribution in [3.05, 3.63) is 64.7 Å². The Hall–Kier alpha value is -3.29. The molecule has 0 unspecified atom stereocenters. The second-order valence-electron chi connectivity index (χ2n) is 7.56. The van der Waals surface area contributed by atoms with Crippen LogP contribution >= 0.6 is 0 Å². The molecular weight excluding hydrogens is 425 g/mol. The Morgan fingerprint density at radius 3 is 2.16 bits per heavy atom. The van der Waals surface area contributed by atoms with E-state index in [1.807, 2.05) is 0 Å². The number of carbonyl (C=O) groups excluding carboxylic acids is 2. The van der Waals surface area contributed by atoms with Crippen molar-refractivity contribution in [2.24, 2.45) is 0 Å². The van der Waals surface area contributed by atoms with Crippen molar-refractivity contribution in [1.29, 1.82) is 0 Å². The normalized spacial score (nSPS) is 12.0. The molecule has 32 heavy (non-hydrogen) atoms. The summed E-state index contributed by atoms with van der Waals surface area (Å²) in [6.07, 6.45) is -2.23.